The third-order valence-electron chi connectivity index (χ3n) is 2.34. The zero-order chi connectivity index (χ0) is 14.4. The van der Waals surface area contributed by atoms with E-state index in [1.807, 2.05) is 0 Å². The van der Waals surface area contributed by atoms with Gasteiger partial charge in [0, 0.05) is 5.56 Å². The summed E-state index contributed by atoms with van der Waals surface area (Å²) in [7, 11) is 0. The Kier molecular flexibility index (Phi) is 5.64. The molecule has 0 saturated heterocycles. The number of alkyl halides is 3. The number of carbonyl (C=O) groups excluding carboxylic acids is 1. The third-order valence-corrected chi connectivity index (χ3v) is 2.61. The lowest BCUT2D eigenvalue weighted by Crippen LogP contribution is -2.11. The molecule has 0 aromatic carbocycles. The van der Waals surface area contributed by atoms with E-state index >= 15 is 0 Å². The number of hydrogen-bond acceptors (Lipinski definition) is 4. The van der Waals surface area contributed by atoms with Gasteiger partial charge in [-0.3, -0.25) is 4.79 Å². The molecule has 1 aromatic heterocycles. The Morgan fingerprint density at radius 2 is 2.32 bits per heavy atom. The molecule has 1 rings (SSSR count). The summed E-state index contributed by atoms with van der Waals surface area (Å²) in [5.41, 5.74) is -0.214. The number of nitrogens with zero attached hydrogens (tertiary/aromatic N) is 2. The lowest BCUT2D eigenvalue weighted by molar-refractivity contribution is -0.142. The SMILES string of the molecule is CCOC(=O)Cc1cc(C(F)F)nc(C#N)c1CCl. The van der Waals surface area contributed by atoms with Crippen LogP contribution < -0.4 is 0 Å². The van der Waals surface area contributed by atoms with E-state index in [0.29, 0.717) is 0 Å². The molecule has 19 heavy (non-hydrogen) atoms. The smallest absolute Gasteiger partial charge is 0.310 e. The van der Waals surface area contributed by atoms with Crippen LogP contribution in [-0.2, 0) is 21.8 Å². The number of rotatable bonds is 5. The molecule has 0 N–H and O–H groups in total. The maximum absolute atomic E-state index is 12.7. The molecule has 1 heterocycles. The van der Waals surface area contributed by atoms with Crippen LogP contribution in [0.4, 0.5) is 8.78 Å². The summed E-state index contributed by atoms with van der Waals surface area (Å²) in [5.74, 6) is -0.655. The molecule has 1 aromatic rings. The summed E-state index contributed by atoms with van der Waals surface area (Å²) >= 11 is 5.68. The summed E-state index contributed by atoms with van der Waals surface area (Å²) in [6.45, 7) is 1.82. The largest absolute Gasteiger partial charge is 0.466 e. The fraction of sp³-hybridized carbons (Fsp3) is 0.417. The van der Waals surface area contributed by atoms with Gasteiger partial charge in [0.2, 0.25) is 0 Å². The van der Waals surface area contributed by atoms with Crippen molar-refractivity contribution in [2.45, 2.75) is 25.7 Å². The molecule has 4 nitrogen and oxygen atoms in total. The topological polar surface area (TPSA) is 63.0 Å². The van der Waals surface area contributed by atoms with Gasteiger partial charge in [-0.25, -0.2) is 13.8 Å². The van der Waals surface area contributed by atoms with Crippen molar-refractivity contribution in [1.29, 1.82) is 5.26 Å². The molecule has 0 unspecified atom stereocenters. The Hall–Kier alpha value is -1.74. The van der Waals surface area contributed by atoms with Gasteiger partial charge in [-0.1, -0.05) is 0 Å². The molecule has 0 fully saturated rings. The second-order valence-electron chi connectivity index (χ2n) is 3.56. The highest BCUT2D eigenvalue weighted by Gasteiger charge is 2.19. The highest BCUT2D eigenvalue weighted by molar-refractivity contribution is 6.17. The monoisotopic (exact) mass is 288 g/mol. The van der Waals surface area contributed by atoms with Crippen molar-refractivity contribution in [1.82, 2.24) is 4.98 Å². The van der Waals surface area contributed by atoms with E-state index in [1.54, 1.807) is 13.0 Å². The molecule has 0 bridgehead atoms. The molecular formula is C12H11ClF2N2O2. The molecule has 0 amide bonds. The van der Waals surface area contributed by atoms with Crippen molar-refractivity contribution in [3.63, 3.8) is 0 Å². The summed E-state index contributed by atoms with van der Waals surface area (Å²) in [6.07, 6.45) is -3.04. The van der Waals surface area contributed by atoms with Crippen molar-refractivity contribution in [3.05, 3.63) is 28.6 Å². The van der Waals surface area contributed by atoms with Crippen molar-refractivity contribution < 1.29 is 18.3 Å². The maximum atomic E-state index is 12.7. The average Bonchev–Trinajstić information content (AvgIpc) is 2.37. The van der Waals surface area contributed by atoms with Gasteiger partial charge in [0.15, 0.2) is 0 Å². The minimum Gasteiger partial charge on any atom is -0.466 e. The van der Waals surface area contributed by atoms with E-state index in [4.69, 9.17) is 21.6 Å². The number of aromatic nitrogens is 1. The maximum Gasteiger partial charge on any atom is 0.310 e. The van der Waals surface area contributed by atoms with E-state index in [1.165, 1.54) is 0 Å². The first-order valence-corrected chi connectivity index (χ1v) is 5.99. The van der Waals surface area contributed by atoms with Crippen molar-refractivity contribution in [2.75, 3.05) is 6.61 Å². The Bertz CT molecular complexity index is 515. The number of carbonyl (C=O) groups is 1. The van der Waals surface area contributed by atoms with E-state index in [2.05, 4.69) is 4.98 Å². The molecular weight excluding hydrogens is 278 g/mol. The standard InChI is InChI=1S/C12H11ClF2N2O2/c1-2-19-11(18)4-7-3-9(12(14)15)17-10(6-16)8(7)5-13/h3,12H,2,4-5H2,1H3. The van der Waals surface area contributed by atoms with Crippen LogP contribution >= 0.6 is 11.6 Å². The zero-order valence-electron chi connectivity index (χ0n) is 10.1. The Labute approximate surface area is 114 Å². The summed E-state index contributed by atoms with van der Waals surface area (Å²) in [6, 6.07) is 2.79. The van der Waals surface area contributed by atoms with Crippen LogP contribution in [0.25, 0.3) is 0 Å². The zero-order valence-corrected chi connectivity index (χ0v) is 10.9. The highest BCUT2D eigenvalue weighted by atomic mass is 35.5. The van der Waals surface area contributed by atoms with Crippen LogP contribution in [0.3, 0.4) is 0 Å². The molecule has 0 atom stereocenters. The first-order chi connectivity index (χ1) is 9.03. The molecule has 0 aliphatic carbocycles. The molecule has 0 radical (unpaired) electrons. The van der Waals surface area contributed by atoms with Gasteiger partial charge in [0.1, 0.15) is 17.5 Å². The molecule has 102 valence electrons. The number of hydrogen-bond donors (Lipinski definition) is 0. The second kappa shape index (κ2) is 7.00. The number of esters is 1. The van der Waals surface area contributed by atoms with Gasteiger partial charge < -0.3 is 4.74 Å². The average molecular weight is 289 g/mol. The molecule has 0 aliphatic heterocycles. The van der Waals surface area contributed by atoms with Crippen LogP contribution in [-0.4, -0.2) is 17.6 Å². The third kappa shape index (κ3) is 3.86. The van der Waals surface area contributed by atoms with Gasteiger partial charge in [0.25, 0.3) is 6.43 Å². The number of nitriles is 1. The highest BCUT2D eigenvalue weighted by Crippen LogP contribution is 2.23. The van der Waals surface area contributed by atoms with E-state index in [9.17, 15) is 13.6 Å². The van der Waals surface area contributed by atoms with E-state index < -0.39 is 18.1 Å². The lowest BCUT2D eigenvalue weighted by atomic mass is 10.0. The molecule has 0 aliphatic rings. The van der Waals surface area contributed by atoms with E-state index in [-0.39, 0.29) is 35.7 Å². The Morgan fingerprint density at radius 3 is 2.79 bits per heavy atom. The first kappa shape index (κ1) is 15.3. The second-order valence-corrected chi connectivity index (χ2v) is 3.83. The number of ether oxygens (including phenoxy) is 1. The minimum atomic E-state index is -2.82. The quantitative estimate of drug-likeness (QED) is 0.617. The minimum absolute atomic E-state index is 0.0891. The van der Waals surface area contributed by atoms with Crippen molar-refractivity contribution in [3.8, 4) is 6.07 Å². The van der Waals surface area contributed by atoms with Gasteiger partial charge in [0.05, 0.1) is 18.9 Å². The van der Waals surface area contributed by atoms with Gasteiger partial charge in [-0.15, -0.1) is 11.6 Å². The van der Waals surface area contributed by atoms with Crippen molar-refractivity contribution in [2.24, 2.45) is 0 Å². The first-order valence-electron chi connectivity index (χ1n) is 5.46. The fourth-order valence-corrected chi connectivity index (χ4v) is 1.82. The Morgan fingerprint density at radius 1 is 1.63 bits per heavy atom. The summed E-state index contributed by atoms with van der Waals surface area (Å²) in [5, 5.41) is 8.89. The molecule has 7 heteroatoms. The van der Waals surface area contributed by atoms with Gasteiger partial charge >= 0.3 is 5.97 Å². The summed E-state index contributed by atoms with van der Waals surface area (Å²) in [4.78, 5) is 14.9. The van der Waals surface area contributed by atoms with Crippen LogP contribution in [0.15, 0.2) is 6.07 Å². The number of pyridine rings is 1. The van der Waals surface area contributed by atoms with E-state index in [0.717, 1.165) is 6.07 Å². The fourth-order valence-electron chi connectivity index (χ4n) is 1.53. The van der Waals surface area contributed by atoms with Gasteiger partial charge in [-0.2, -0.15) is 5.26 Å². The Balaban J connectivity index is 3.23. The molecule has 0 spiro atoms. The summed E-state index contributed by atoms with van der Waals surface area (Å²) < 4.78 is 30.1. The van der Waals surface area contributed by atoms with Crippen LogP contribution in [0.5, 0.6) is 0 Å². The van der Waals surface area contributed by atoms with Gasteiger partial charge in [-0.05, 0) is 18.6 Å². The van der Waals surface area contributed by atoms with Crippen LogP contribution in [0.1, 0.15) is 35.9 Å². The van der Waals surface area contributed by atoms with Crippen LogP contribution in [0, 0.1) is 11.3 Å². The lowest BCUT2D eigenvalue weighted by Gasteiger charge is -2.10. The molecule has 0 saturated carbocycles. The van der Waals surface area contributed by atoms with Crippen LogP contribution in [0.2, 0.25) is 0 Å². The predicted molar refractivity (Wildman–Crippen MR) is 63.8 cm³/mol. The van der Waals surface area contributed by atoms with Crippen molar-refractivity contribution >= 4 is 17.6 Å². The normalized spacial score (nSPS) is 10.3. The predicted octanol–water partition coefficient (Wildman–Crippen LogP) is 2.74. The number of halogens is 3.